The lowest BCUT2D eigenvalue weighted by Gasteiger charge is -2.04. The quantitative estimate of drug-likeness (QED) is 0.385. The van der Waals surface area contributed by atoms with Crippen LogP contribution in [0.25, 0.3) is 0 Å². The molecule has 2 heteroatoms. The Hall–Kier alpha value is -0.0100. The first-order chi connectivity index (χ1) is 6.33. The van der Waals surface area contributed by atoms with Gasteiger partial charge in [0.25, 0.3) is 0 Å². The van der Waals surface area contributed by atoms with E-state index in [1.165, 1.54) is 24.8 Å². The second kappa shape index (κ2) is 6.44. The lowest BCUT2D eigenvalue weighted by atomic mass is 10.1. The molecule has 0 spiro atoms. The van der Waals surface area contributed by atoms with E-state index in [4.69, 9.17) is 16.3 Å². The fraction of sp³-hybridized carbons (Fsp3) is 0.818. The van der Waals surface area contributed by atoms with Gasteiger partial charge in [-0.3, -0.25) is 0 Å². The molecule has 0 saturated heterocycles. The highest BCUT2D eigenvalue weighted by Gasteiger charge is 2.08. The van der Waals surface area contributed by atoms with Crippen LogP contribution in [-0.4, -0.2) is 19.1 Å². The Kier molecular flexibility index (Phi) is 5.49. The third-order valence-electron chi connectivity index (χ3n) is 2.49. The van der Waals surface area contributed by atoms with Gasteiger partial charge in [0.2, 0.25) is 0 Å². The minimum Gasteiger partial charge on any atom is -0.385 e. The number of methoxy groups -OCH3 is 1. The van der Waals surface area contributed by atoms with Crippen molar-refractivity contribution in [3.05, 3.63) is 11.6 Å². The van der Waals surface area contributed by atoms with Crippen LogP contribution in [-0.2, 0) is 4.74 Å². The maximum atomic E-state index is 6.12. The molecule has 1 atom stereocenters. The molecule has 0 aromatic rings. The number of hydrogen-bond donors (Lipinski definition) is 0. The molecule has 0 aromatic heterocycles. The average molecular weight is 203 g/mol. The maximum absolute atomic E-state index is 6.12. The molecule has 1 aliphatic carbocycles. The summed E-state index contributed by atoms with van der Waals surface area (Å²) < 4.78 is 5.03. The van der Waals surface area contributed by atoms with E-state index >= 15 is 0 Å². The second-order valence-electron chi connectivity index (χ2n) is 3.68. The van der Waals surface area contributed by atoms with Crippen molar-refractivity contribution < 1.29 is 4.74 Å². The molecule has 1 nitrogen and oxygen atoms in total. The minimum atomic E-state index is 0.278. The molecule has 0 heterocycles. The normalized spacial score (nSPS) is 23.8. The molecule has 0 aliphatic heterocycles. The summed E-state index contributed by atoms with van der Waals surface area (Å²) in [5, 5.41) is 0.278. The zero-order valence-electron chi connectivity index (χ0n) is 8.39. The van der Waals surface area contributed by atoms with E-state index in [0.29, 0.717) is 0 Å². The van der Waals surface area contributed by atoms with Crippen molar-refractivity contribution in [1.29, 1.82) is 0 Å². The largest absolute Gasteiger partial charge is 0.385 e. The Morgan fingerprint density at radius 1 is 1.54 bits per heavy atom. The van der Waals surface area contributed by atoms with Crippen molar-refractivity contribution in [3.63, 3.8) is 0 Å². The van der Waals surface area contributed by atoms with Gasteiger partial charge in [-0.1, -0.05) is 18.1 Å². The van der Waals surface area contributed by atoms with Crippen molar-refractivity contribution >= 4 is 11.6 Å². The van der Waals surface area contributed by atoms with E-state index in [1.807, 2.05) is 0 Å². The number of ether oxygens (including phenoxy) is 1. The van der Waals surface area contributed by atoms with Crippen LogP contribution in [0, 0.1) is 0 Å². The third-order valence-corrected chi connectivity index (χ3v) is 2.83. The van der Waals surface area contributed by atoms with Gasteiger partial charge in [0.1, 0.15) is 0 Å². The van der Waals surface area contributed by atoms with Crippen LogP contribution in [0.15, 0.2) is 11.6 Å². The van der Waals surface area contributed by atoms with Gasteiger partial charge in [0, 0.05) is 13.7 Å². The van der Waals surface area contributed by atoms with Crippen LogP contribution in [0.2, 0.25) is 0 Å². The van der Waals surface area contributed by atoms with Crippen molar-refractivity contribution in [3.8, 4) is 0 Å². The summed E-state index contributed by atoms with van der Waals surface area (Å²) in [4.78, 5) is 0. The summed E-state index contributed by atoms with van der Waals surface area (Å²) >= 11 is 6.12. The first kappa shape index (κ1) is 11.1. The highest BCUT2D eigenvalue weighted by Crippen LogP contribution is 2.23. The van der Waals surface area contributed by atoms with Crippen LogP contribution in [0.5, 0.6) is 0 Å². The smallest absolute Gasteiger partial charge is 0.0518 e. The summed E-state index contributed by atoms with van der Waals surface area (Å²) in [5.41, 5.74) is 1.54. The van der Waals surface area contributed by atoms with E-state index in [-0.39, 0.29) is 5.38 Å². The zero-order valence-corrected chi connectivity index (χ0v) is 9.15. The number of alkyl halides is 1. The van der Waals surface area contributed by atoms with Gasteiger partial charge in [0.05, 0.1) is 5.38 Å². The van der Waals surface area contributed by atoms with Gasteiger partial charge < -0.3 is 4.74 Å². The Balaban J connectivity index is 2.28. The van der Waals surface area contributed by atoms with Crippen molar-refractivity contribution in [2.45, 2.75) is 43.9 Å². The standard InChI is InChI=1S/C11H19ClO/c1-13-8-4-6-10-5-2-3-7-11(12)9-10/h9,11H,2-8H2,1H3. The first-order valence-electron chi connectivity index (χ1n) is 5.15. The summed E-state index contributed by atoms with van der Waals surface area (Å²) in [5.74, 6) is 0. The fourth-order valence-electron chi connectivity index (χ4n) is 1.77. The molecule has 76 valence electrons. The molecule has 0 aromatic carbocycles. The highest BCUT2D eigenvalue weighted by molar-refractivity contribution is 6.21. The summed E-state index contributed by atoms with van der Waals surface area (Å²) in [6, 6.07) is 0. The summed E-state index contributed by atoms with van der Waals surface area (Å²) in [6.07, 6.45) is 9.52. The SMILES string of the molecule is COCCCC1=CC(Cl)CCCC1. The van der Waals surface area contributed by atoms with Crippen molar-refractivity contribution in [2.24, 2.45) is 0 Å². The fourth-order valence-corrected chi connectivity index (χ4v) is 2.10. The minimum absolute atomic E-state index is 0.278. The molecule has 1 aliphatic rings. The number of hydrogen-bond acceptors (Lipinski definition) is 1. The van der Waals surface area contributed by atoms with Gasteiger partial charge in [-0.15, -0.1) is 11.6 Å². The number of halogens is 1. The molecule has 0 amide bonds. The lowest BCUT2D eigenvalue weighted by molar-refractivity contribution is 0.195. The molecule has 0 bridgehead atoms. The lowest BCUT2D eigenvalue weighted by Crippen LogP contribution is -1.93. The second-order valence-corrected chi connectivity index (χ2v) is 4.24. The van der Waals surface area contributed by atoms with Crippen LogP contribution in [0.3, 0.4) is 0 Å². The maximum Gasteiger partial charge on any atom is 0.0518 e. The molecule has 0 N–H and O–H groups in total. The average Bonchev–Trinajstić information content (AvgIpc) is 2.31. The monoisotopic (exact) mass is 202 g/mol. The molecule has 13 heavy (non-hydrogen) atoms. The molecular formula is C11H19ClO. The summed E-state index contributed by atoms with van der Waals surface area (Å²) in [7, 11) is 1.76. The number of rotatable bonds is 4. The van der Waals surface area contributed by atoms with Crippen molar-refractivity contribution in [2.75, 3.05) is 13.7 Å². The Morgan fingerprint density at radius 3 is 3.15 bits per heavy atom. The highest BCUT2D eigenvalue weighted by atomic mass is 35.5. The summed E-state index contributed by atoms with van der Waals surface area (Å²) in [6.45, 7) is 0.865. The van der Waals surface area contributed by atoms with Crippen molar-refractivity contribution in [1.82, 2.24) is 0 Å². The molecule has 0 fully saturated rings. The molecule has 1 unspecified atom stereocenters. The van der Waals surface area contributed by atoms with E-state index < -0.39 is 0 Å². The predicted molar refractivity (Wildman–Crippen MR) is 57.3 cm³/mol. The Morgan fingerprint density at radius 2 is 2.38 bits per heavy atom. The number of allylic oxidation sites excluding steroid dienone is 2. The van der Waals surface area contributed by atoms with Crippen LogP contribution in [0.4, 0.5) is 0 Å². The van der Waals surface area contributed by atoms with Gasteiger partial charge in [0.15, 0.2) is 0 Å². The van der Waals surface area contributed by atoms with Crippen LogP contribution in [0.1, 0.15) is 38.5 Å². The Bertz CT molecular complexity index is 165. The predicted octanol–water partition coefficient (Wildman–Crippen LogP) is 3.52. The van der Waals surface area contributed by atoms with Gasteiger partial charge in [-0.2, -0.15) is 0 Å². The van der Waals surface area contributed by atoms with Gasteiger partial charge in [-0.05, 0) is 32.1 Å². The van der Waals surface area contributed by atoms with E-state index in [0.717, 1.165) is 25.9 Å². The van der Waals surface area contributed by atoms with Crippen LogP contribution >= 0.6 is 11.6 Å². The van der Waals surface area contributed by atoms with Crippen LogP contribution < -0.4 is 0 Å². The van der Waals surface area contributed by atoms with Gasteiger partial charge in [-0.25, -0.2) is 0 Å². The molecule has 0 saturated carbocycles. The third kappa shape index (κ3) is 4.68. The topological polar surface area (TPSA) is 9.23 Å². The first-order valence-corrected chi connectivity index (χ1v) is 5.59. The molecule has 1 rings (SSSR count). The van der Waals surface area contributed by atoms with E-state index in [2.05, 4.69) is 6.08 Å². The molecule has 0 radical (unpaired) electrons. The molecular weight excluding hydrogens is 184 g/mol. The Labute approximate surface area is 86.1 Å². The van der Waals surface area contributed by atoms with E-state index in [1.54, 1.807) is 7.11 Å². The van der Waals surface area contributed by atoms with Gasteiger partial charge >= 0.3 is 0 Å². The van der Waals surface area contributed by atoms with E-state index in [9.17, 15) is 0 Å². The zero-order chi connectivity index (χ0) is 9.52.